The molecule has 0 aliphatic carbocycles. The van der Waals surface area contributed by atoms with Crippen LogP contribution in [0.4, 0.5) is 8.78 Å². The Balaban J connectivity index is 2.34. The molecule has 1 N–H and O–H groups in total. The third kappa shape index (κ3) is 2.99. The summed E-state index contributed by atoms with van der Waals surface area (Å²) in [6.07, 6.45) is 0.557. The Bertz CT molecular complexity index is 546. The molecule has 0 aliphatic rings. The van der Waals surface area contributed by atoms with Crippen LogP contribution >= 0.6 is 0 Å². The van der Waals surface area contributed by atoms with E-state index in [4.69, 9.17) is 0 Å². The third-order valence-corrected chi connectivity index (χ3v) is 3.38. The monoisotopic (exact) mass is 261 g/mol. The van der Waals surface area contributed by atoms with Crippen molar-refractivity contribution in [2.45, 2.75) is 19.4 Å². The van der Waals surface area contributed by atoms with Crippen molar-refractivity contribution < 1.29 is 8.78 Å². The van der Waals surface area contributed by atoms with Gasteiger partial charge in [-0.1, -0.05) is 30.3 Å². The van der Waals surface area contributed by atoms with Gasteiger partial charge in [0.2, 0.25) is 0 Å². The van der Waals surface area contributed by atoms with Gasteiger partial charge in [0.05, 0.1) is 0 Å². The summed E-state index contributed by atoms with van der Waals surface area (Å²) in [6.45, 7) is 2.00. The highest BCUT2D eigenvalue weighted by molar-refractivity contribution is 5.30. The van der Waals surface area contributed by atoms with Gasteiger partial charge in [-0.25, -0.2) is 8.78 Å². The minimum atomic E-state index is -0.507. The molecular weight excluding hydrogens is 244 g/mol. The molecule has 1 atom stereocenters. The Hall–Kier alpha value is -1.74. The standard InChI is InChI=1S/C16H17F2N/c1-11-6-3-4-7-12(11)10-15(19-2)16-13(17)8-5-9-14(16)18/h3-9,15,19H,10H2,1-2H3. The number of aryl methyl sites for hydroxylation is 1. The smallest absolute Gasteiger partial charge is 0.130 e. The first-order chi connectivity index (χ1) is 9.13. The molecule has 0 heterocycles. The Morgan fingerprint density at radius 1 is 1.00 bits per heavy atom. The average Bonchev–Trinajstić information content (AvgIpc) is 2.39. The second kappa shape index (κ2) is 5.93. The summed E-state index contributed by atoms with van der Waals surface area (Å²) in [5.74, 6) is -1.01. The molecular formula is C16H17F2N. The van der Waals surface area contributed by atoms with E-state index in [-0.39, 0.29) is 11.6 Å². The quantitative estimate of drug-likeness (QED) is 0.883. The number of halogens is 2. The maximum absolute atomic E-state index is 13.8. The molecule has 0 aliphatic heterocycles. The lowest BCUT2D eigenvalue weighted by molar-refractivity contribution is 0.489. The zero-order chi connectivity index (χ0) is 13.8. The Labute approximate surface area is 112 Å². The van der Waals surface area contributed by atoms with Crippen LogP contribution in [0.1, 0.15) is 22.7 Å². The molecule has 3 heteroatoms. The van der Waals surface area contributed by atoms with E-state index in [1.54, 1.807) is 7.05 Å². The molecule has 1 nitrogen and oxygen atoms in total. The van der Waals surface area contributed by atoms with Gasteiger partial charge in [-0.15, -0.1) is 0 Å². The van der Waals surface area contributed by atoms with Gasteiger partial charge in [-0.05, 0) is 43.7 Å². The minimum absolute atomic E-state index is 0.105. The highest BCUT2D eigenvalue weighted by Crippen LogP contribution is 2.24. The van der Waals surface area contributed by atoms with Gasteiger partial charge in [0.1, 0.15) is 11.6 Å². The Morgan fingerprint density at radius 3 is 2.21 bits per heavy atom. The number of likely N-dealkylation sites (N-methyl/N-ethyl adjacent to an activating group) is 1. The average molecular weight is 261 g/mol. The van der Waals surface area contributed by atoms with Crippen LogP contribution < -0.4 is 5.32 Å². The maximum atomic E-state index is 13.8. The van der Waals surface area contributed by atoms with Gasteiger partial charge in [0.15, 0.2) is 0 Å². The molecule has 100 valence electrons. The number of hydrogen-bond donors (Lipinski definition) is 1. The van der Waals surface area contributed by atoms with Crippen molar-refractivity contribution in [3.05, 3.63) is 70.8 Å². The zero-order valence-corrected chi connectivity index (χ0v) is 11.1. The van der Waals surface area contributed by atoms with Crippen LogP contribution in [0.3, 0.4) is 0 Å². The first-order valence-electron chi connectivity index (χ1n) is 6.29. The molecule has 19 heavy (non-hydrogen) atoms. The van der Waals surface area contributed by atoms with Crippen molar-refractivity contribution >= 4 is 0 Å². The molecule has 2 rings (SSSR count). The highest BCUT2D eigenvalue weighted by atomic mass is 19.1. The maximum Gasteiger partial charge on any atom is 0.130 e. The van der Waals surface area contributed by atoms with E-state index in [1.165, 1.54) is 18.2 Å². The number of nitrogens with one attached hydrogen (secondary N) is 1. The molecule has 2 aromatic carbocycles. The lowest BCUT2D eigenvalue weighted by Crippen LogP contribution is -2.21. The summed E-state index contributed by atoms with van der Waals surface area (Å²) in [6, 6.07) is 11.5. The van der Waals surface area contributed by atoms with Crippen LogP contribution in [-0.2, 0) is 6.42 Å². The molecule has 0 spiro atoms. The van der Waals surface area contributed by atoms with Crippen LogP contribution in [0.25, 0.3) is 0 Å². The second-order valence-corrected chi connectivity index (χ2v) is 4.61. The summed E-state index contributed by atoms with van der Waals surface area (Å²) in [4.78, 5) is 0. The fraction of sp³-hybridized carbons (Fsp3) is 0.250. The van der Waals surface area contributed by atoms with Gasteiger partial charge in [0.25, 0.3) is 0 Å². The molecule has 0 fully saturated rings. The molecule has 0 aromatic heterocycles. The van der Waals surface area contributed by atoms with Crippen molar-refractivity contribution in [1.29, 1.82) is 0 Å². The second-order valence-electron chi connectivity index (χ2n) is 4.61. The predicted octanol–water partition coefficient (Wildman–Crippen LogP) is 3.78. The van der Waals surface area contributed by atoms with Crippen molar-refractivity contribution in [3.63, 3.8) is 0 Å². The first-order valence-corrected chi connectivity index (χ1v) is 6.29. The normalized spacial score (nSPS) is 12.4. The predicted molar refractivity (Wildman–Crippen MR) is 73.0 cm³/mol. The fourth-order valence-electron chi connectivity index (χ4n) is 2.25. The fourth-order valence-corrected chi connectivity index (χ4v) is 2.25. The SMILES string of the molecule is CNC(Cc1ccccc1C)c1c(F)cccc1F. The summed E-state index contributed by atoms with van der Waals surface area (Å²) in [5, 5.41) is 3.00. The highest BCUT2D eigenvalue weighted by Gasteiger charge is 2.19. The minimum Gasteiger partial charge on any atom is -0.313 e. The van der Waals surface area contributed by atoms with Gasteiger partial charge >= 0.3 is 0 Å². The topological polar surface area (TPSA) is 12.0 Å². The summed E-state index contributed by atoms with van der Waals surface area (Å²) in [5.41, 5.74) is 2.32. The number of rotatable bonds is 4. The van der Waals surface area contributed by atoms with E-state index in [9.17, 15) is 8.78 Å². The molecule has 1 unspecified atom stereocenters. The number of hydrogen-bond acceptors (Lipinski definition) is 1. The molecule has 0 saturated carbocycles. The van der Waals surface area contributed by atoms with Crippen molar-refractivity contribution in [1.82, 2.24) is 5.32 Å². The van der Waals surface area contributed by atoms with E-state index < -0.39 is 11.6 Å². The largest absolute Gasteiger partial charge is 0.313 e. The lowest BCUT2D eigenvalue weighted by Gasteiger charge is -2.19. The third-order valence-electron chi connectivity index (χ3n) is 3.38. The van der Waals surface area contributed by atoms with Crippen molar-refractivity contribution in [2.24, 2.45) is 0 Å². The van der Waals surface area contributed by atoms with E-state index >= 15 is 0 Å². The van der Waals surface area contributed by atoms with Gasteiger partial charge in [0, 0.05) is 11.6 Å². The van der Waals surface area contributed by atoms with E-state index in [0.717, 1.165) is 11.1 Å². The van der Waals surface area contributed by atoms with Crippen LogP contribution in [0.5, 0.6) is 0 Å². The summed E-state index contributed by atoms with van der Waals surface area (Å²) in [7, 11) is 1.72. The van der Waals surface area contributed by atoms with Gasteiger partial charge in [-0.3, -0.25) is 0 Å². The van der Waals surface area contributed by atoms with Crippen LogP contribution in [-0.4, -0.2) is 7.05 Å². The molecule has 0 bridgehead atoms. The van der Waals surface area contributed by atoms with Gasteiger partial charge in [-0.2, -0.15) is 0 Å². The van der Waals surface area contributed by atoms with Crippen LogP contribution in [0.2, 0.25) is 0 Å². The van der Waals surface area contributed by atoms with Crippen molar-refractivity contribution in [2.75, 3.05) is 7.05 Å². The Morgan fingerprint density at radius 2 is 1.63 bits per heavy atom. The van der Waals surface area contributed by atoms with Gasteiger partial charge < -0.3 is 5.32 Å². The lowest BCUT2D eigenvalue weighted by atomic mass is 9.95. The molecule has 0 radical (unpaired) electrons. The molecule has 0 saturated heterocycles. The van der Waals surface area contributed by atoms with Crippen molar-refractivity contribution in [3.8, 4) is 0 Å². The number of benzene rings is 2. The van der Waals surface area contributed by atoms with E-state index in [1.807, 2.05) is 31.2 Å². The summed E-state index contributed by atoms with van der Waals surface area (Å²) >= 11 is 0. The van der Waals surface area contributed by atoms with Crippen LogP contribution in [0.15, 0.2) is 42.5 Å². The molecule has 2 aromatic rings. The molecule has 0 amide bonds. The van der Waals surface area contributed by atoms with E-state index in [2.05, 4.69) is 5.32 Å². The van der Waals surface area contributed by atoms with E-state index in [0.29, 0.717) is 6.42 Å². The Kier molecular flexibility index (Phi) is 4.27. The first kappa shape index (κ1) is 13.7. The van der Waals surface area contributed by atoms with Crippen LogP contribution in [0, 0.1) is 18.6 Å². The summed E-state index contributed by atoms with van der Waals surface area (Å²) < 4.78 is 27.6. The zero-order valence-electron chi connectivity index (χ0n) is 11.1.